The molecule has 23 heavy (non-hydrogen) atoms. The van der Waals surface area contributed by atoms with E-state index in [2.05, 4.69) is 16.1 Å². The average molecular weight is 324 g/mol. The molecule has 0 aliphatic rings. The fourth-order valence-electron chi connectivity index (χ4n) is 1.72. The van der Waals surface area contributed by atoms with E-state index in [-0.39, 0.29) is 12.4 Å². The summed E-state index contributed by atoms with van der Waals surface area (Å²) in [4.78, 5) is 5.02. The van der Waals surface area contributed by atoms with Crippen molar-refractivity contribution in [3.8, 4) is 11.5 Å². The maximum absolute atomic E-state index is 12.1. The molecule has 0 aromatic heterocycles. The van der Waals surface area contributed by atoms with Crippen LogP contribution in [0.4, 0.5) is 13.2 Å². The van der Waals surface area contributed by atoms with Gasteiger partial charge in [-0.1, -0.05) is 29.4 Å². The summed E-state index contributed by atoms with van der Waals surface area (Å²) >= 11 is 0. The Labute approximate surface area is 131 Å². The van der Waals surface area contributed by atoms with Crippen LogP contribution in [-0.2, 0) is 11.4 Å². The quantitative estimate of drug-likeness (QED) is 0.595. The zero-order chi connectivity index (χ0) is 16.7. The van der Waals surface area contributed by atoms with E-state index in [0.717, 1.165) is 0 Å². The van der Waals surface area contributed by atoms with Gasteiger partial charge in [-0.3, -0.25) is 0 Å². The average Bonchev–Trinajstić information content (AvgIpc) is 2.50. The molecule has 2 rings (SSSR count). The Morgan fingerprint density at radius 1 is 1.04 bits per heavy atom. The van der Waals surface area contributed by atoms with E-state index in [4.69, 9.17) is 9.57 Å². The zero-order valence-electron chi connectivity index (χ0n) is 12.1. The second-order valence-electron chi connectivity index (χ2n) is 4.40. The van der Waals surface area contributed by atoms with Crippen molar-refractivity contribution in [2.45, 2.75) is 13.0 Å². The number of hydrogen-bond acceptors (Lipinski definition) is 4. The summed E-state index contributed by atoms with van der Waals surface area (Å²) in [6.45, 7) is -0.00791. The maximum Gasteiger partial charge on any atom is 0.573 e. The van der Waals surface area contributed by atoms with Gasteiger partial charge in [0.2, 0.25) is 0 Å². The molecule has 0 bridgehead atoms. The van der Waals surface area contributed by atoms with Crippen LogP contribution < -0.4 is 9.47 Å². The first-order valence-electron chi connectivity index (χ1n) is 6.53. The van der Waals surface area contributed by atoms with Crippen LogP contribution in [0.3, 0.4) is 0 Å². The van der Waals surface area contributed by atoms with Gasteiger partial charge in [0, 0.05) is 5.56 Å². The molecule has 2 aromatic rings. The van der Waals surface area contributed by atoms with Crippen molar-refractivity contribution in [1.82, 2.24) is 0 Å². The van der Waals surface area contributed by atoms with Gasteiger partial charge in [-0.05, 0) is 29.8 Å². The Kier molecular flexibility index (Phi) is 5.46. The van der Waals surface area contributed by atoms with Gasteiger partial charge in [0.25, 0.3) is 0 Å². The second-order valence-corrected chi connectivity index (χ2v) is 4.40. The molecule has 0 heterocycles. The lowest BCUT2D eigenvalue weighted by atomic mass is 10.2. The third-order valence-electron chi connectivity index (χ3n) is 2.67. The first-order valence-corrected chi connectivity index (χ1v) is 6.53. The second kappa shape index (κ2) is 7.53. The summed E-state index contributed by atoms with van der Waals surface area (Å²) in [5, 5.41) is 3.65. The van der Waals surface area contributed by atoms with E-state index in [1.165, 1.54) is 18.2 Å². The number of nitrogens with zero attached hydrogens (tertiary/aromatic N) is 1. The molecule has 0 atom stereocenters. The molecule has 0 fully saturated rings. The minimum Gasteiger partial charge on any atom is -0.497 e. The van der Waals surface area contributed by atoms with Gasteiger partial charge in [0.15, 0.2) is 0 Å². The molecule has 2 aromatic carbocycles. The molecule has 0 aliphatic carbocycles. The first kappa shape index (κ1) is 16.7. The van der Waals surface area contributed by atoms with E-state index in [0.29, 0.717) is 16.9 Å². The van der Waals surface area contributed by atoms with E-state index in [1.807, 2.05) is 0 Å². The monoisotopic (exact) mass is 324 g/mol. The molecule has 0 unspecified atom stereocenters. The zero-order valence-corrected chi connectivity index (χ0v) is 12.1. The fourth-order valence-corrected chi connectivity index (χ4v) is 1.72. The molecular formula is C16H13F3NO3. The molecular weight excluding hydrogens is 311 g/mol. The van der Waals surface area contributed by atoms with Crippen LogP contribution in [0.5, 0.6) is 11.5 Å². The maximum atomic E-state index is 12.1. The van der Waals surface area contributed by atoms with Crippen LogP contribution in [0.15, 0.2) is 53.7 Å². The number of methoxy groups -OCH3 is 1. The van der Waals surface area contributed by atoms with Crippen LogP contribution in [-0.4, -0.2) is 19.7 Å². The lowest BCUT2D eigenvalue weighted by Crippen LogP contribution is -2.17. The topological polar surface area (TPSA) is 40.0 Å². The van der Waals surface area contributed by atoms with Gasteiger partial charge in [0.05, 0.1) is 7.11 Å². The predicted molar refractivity (Wildman–Crippen MR) is 77.4 cm³/mol. The normalized spacial score (nSPS) is 11.5. The van der Waals surface area contributed by atoms with Gasteiger partial charge in [-0.15, -0.1) is 13.2 Å². The summed E-state index contributed by atoms with van der Waals surface area (Å²) in [7, 11) is 1.54. The third kappa shape index (κ3) is 5.90. The van der Waals surface area contributed by atoms with Crippen molar-refractivity contribution in [1.29, 1.82) is 0 Å². The Balaban J connectivity index is 1.90. The molecule has 121 valence electrons. The number of benzene rings is 2. The van der Waals surface area contributed by atoms with E-state index < -0.39 is 6.36 Å². The van der Waals surface area contributed by atoms with Gasteiger partial charge in [0.1, 0.15) is 24.3 Å². The van der Waals surface area contributed by atoms with Crippen molar-refractivity contribution in [3.05, 3.63) is 59.7 Å². The Morgan fingerprint density at radius 3 is 2.52 bits per heavy atom. The highest BCUT2D eigenvalue weighted by Gasteiger charge is 2.31. The third-order valence-corrected chi connectivity index (χ3v) is 2.67. The Hall–Kier alpha value is -2.70. The van der Waals surface area contributed by atoms with Crippen molar-refractivity contribution in [3.63, 3.8) is 0 Å². The lowest BCUT2D eigenvalue weighted by molar-refractivity contribution is -0.274. The molecule has 0 N–H and O–H groups in total. The van der Waals surface area contributed by atoms with E-state index >= 15 is 0 Å². The van der Waals surface area contributed by atoms with Crippen LogP contribution in [0.25, 0.3) is 0 Å². The first-order chi connectivity index (χ1) is 11.0. The summed E-state index contributed by atoms with van der Waals surface area (Å²) in [5.41, 5.74) is 1.14. The number of alkyl halides is 3. The predicted octanol–water partition coefficient (Wildman–Crippen LogP) is 4.02. The minimum absolute atomic E-state index is 0.00791. The van der Waals surface area contributed by atoms with Gasteiger partial charge >= 0.3 is 6.36 Å². The number of hydrogen-bond donors (Lipinski definition) is 0. The van der Waals surface area contributed by atoms with Crippen molar-refractivity contribution in [2.24, 2.45) is 5.16 Å². The minimum atomic E-state index is -4.72. The summed E-state index contributed by atoms with van der Waals surface area (Å²) in [6, 6.07) is 12.5. The van der Waals surface area contributed by atoms with Crippen LogP contribution in [0, 0.1) is 0 Å². The SMILES string of the molecule is COc1cccc(/[C]=N\OCc2cccc(OC(F)(F)F)c2)c1. The van der Waals surface area contributed by atoms with Crippen molar-refractivity contribution in [2.75, 3.05) is 7.11 Å². The summed E-state index contributed by atoms with van der Waals surface area (Å²) in [6.07, 6.45) is -2.07. The number of ether oxygens (including phenoxy) is 2. The van der Waals surface area contributed by atoms with Crippen LogP contribution in [0.1, 0.15) is 11.1 Å². The molecule has 7 heteroatoms. The highest BCUT2D eigenvalue weighted by atomic mass is 19.4. The van der Waals surface area contributed by atoms with Crippen molar-refractivity contribution < 1.29 is 27.5 Å². The molecule has 0 aliphatic heterocycles. The molecule has 0 spiro atoms. The molecule has 0 saturated carbocycles. The van der Waals surface area contributed by atoms with Gasteiger partial charge in [-0.25, -0.2) is 0 Å². The molecule has 0 amide bonds. The molecule has 1 radical (unpaired) electrons. The standard InChI is InChI=1S/C16H13F3NO3/c1-21-14-6-2-4-12(8-14)10-20-22-11-13-5-3-7-15(9-13)23-16(17,18)19/h2-9H,11H2,1H3. The van der Waals surface area contributed by atoms with Crippen molar-refractivity contribution >= 4 is 6.21 Å². The Bertz CT molecular complexity index is 672. The highest BCUT2D eigenvalue weighted by Crippen LogP contribution is 2.23. The number of rotatable bonds is 6. The summed E-state index contributed by atoms with van der Waals surface area (Å²) < 4.78 is 45.3. The summed E-state index contributed by atoms with van der Waals surface area (Å²) in [5.74, 6) is 0.349. The van der Waals surface area contributed by atoms with Gasteiger partial charge < -0.3 is 14.3 Å². The highest BCUT2D eigenvalue weighted by molar-refractivity contribution is 5.79. The largest absolute Gasteiger partial charge is 0.573 e. The smallest absolute Gasteiger partial charge is 0.497 e. The fraction of sp³-hybridized carbons (Fsp3) is 0.188. The van der Waals surface area contributed by atoms with Crippen LogP contribution in [0.2, 0.25) is 0 Å². The van der Waals surface area contributed by atoms with Crippen LogP contribution >= 0.6 is 0 Å². The lowest BCUT2D eigenvalue weighted by Gasteiger charge is -2.09. The van der Waals surface area contributed by atoms with Gasteiger partial charge in [-0.2, -0.15) is 0 Å². The molecule has 0 saturated heterocycles. The Morgan fingerprint density at radius 2 is 1.78 bits per heavy atom. The van der Waals surface area contributed by atoms with E-state index in [9.17, 15) is 13.2 Å². The van der Waals surface area contributed by atoms with E-state index in [1.54, 1.807) is 37.4 Å². The molecule has 4 nitrogen and oxygen atoms in total. The number of halogens is 3.